The molecule has 1 aromatic heterocycles. The predicted octanol–water partition coefficient (Wildman–Crippen LogP) is 4.02. The van der Waals surface area contributed by atoms with Crippen LogP contribution in [0.1, 0.15) is 50.6 Å². The molecule has 5 nitrogen and oxygen atoms in total. The van der Waals surface area contributed by atoms with Gasteiger partial charge >= 0.3 is 0 Å². The van der Waals surface area contributed by atoms with Crippen LogP contribution in [0.3, 0.4) is 0 Å². The van der Waals surface area contributed by atoms with E-state index in [2.05, 4.69) is 40.2 Å². The minimum atomic E-state index is 0.366. The summed E-state index contributed by atoms with van der Waals surface area (Å²) in [6.45, 7) is 11.3. The molecule has 130 valence electrons. The van der Waals surface area contributed by atoms with E-state index in [-0.39, 0.29) is 0 Å². The van der Waals surface area contributed by atoms with E-state index in [9.17, 15) is 0 Å². The van der Waals surface area contributed by atoms with Gasteiger partial charge in [-0.05, 0) is 43.5 Å². The van der Waals surface area contributed by atoms with Crippen LogP contribution in [0.15, 0.2) is 12.1 Å². The highest BCUT2D eigenvalue weighted by molar-refractivity contribution is 7.09. The third-order valence-corrected chi connectivity index (χ3v) is 4.89. The monoisotopic (exact) mass is 347 g/mol. The Kier molecular flexibility index (Phi) is 5.23. The number of hydrogen-bond donors (Lipinski definition) is 0. The van der Waals surface area contributed by atoms with Gasteiger partial charge in [0.05, 0.1) is 13.2 Å². The highest BCUT2D eigenvalue weighted by Crippen LogP contribution is 2.35. The second-order valence-corrected chi connectivity index (χ2v) is 6.93. The van der Waals surface area contributed by atoms with E-state index in [4.69, 9.17) is 9.47 Å². The average Bonchev–Trinajstić information content (AvgIpc) is 3.06. The molecule has 0 radical (unpaired) electrons. The number of rotatable bonds is 6. The molecular formula is C18H25N3O2S. The van der Waals surface area contributed by atoms with Crippen LogP contribution in [0.25, 0.3) is 0 Å². The van der Waals surface area contributed by atoms with Crippen molar-refractivity contribution in [2.45, 2.75) is 46.6 Å². The topological polar surface area (TPSA) is 47.5 Å². The summed E-state index contributed by atoms with van der Waals surface area (Å²) >= 11 is 1.49. The molecular weight excluding hydrogens is 322 g/mol. The number of hydrogen-bond acceptors (Lipinski definition) is 6. The fourth-order valence-corrected chi connectivity index (χ4v) is 3.69. The molecule has 0 atom stereocenters. The molecule has 0 fully saturated rings. The van der Waals surface area contributed by atoms with Gasteiger partial charge in [0.2, 0.25) is 5.13 Å². The van der Waals surface area contributed by atoms with Crippen molar-refractivity contribution >= 4 is 16.7 Å². The third kappa shape index (κ3) is 3.48. The molecule has 3 rings (SSSR count). The van der Waals surface area contributed by atoms with E-state index in [0.717, 1.165) is 42.0 Å². The largest absolute Gasteiger partial charge is 0.490 e. The predicted molar refractivity (Wildman–Crippen MR) is 97.5 cm³/mol. The van der Waals surface area contributed by atoms with Gasteiger partial charge < -0.3 is 14.4 Å². The molecule has 1 aliphatic rings. The van der Waals surface area contributed by atoms with Gasteiger partial charge in [-0.2, -0.15) is 4.37 Å². The highest BCUT2D eigenvalue weighted by atomic mass is 32.1. The summed E-state index contributed by atoms with van der Waals surface area (Å²) < 4.78 is 16.0. The quantitative estimate of drug-likeness (QED) is 0.790. The van der Waals surface area contributed by atoms with Gasteiger partial charge in [-0.15, -0.1) is 0 Å². The second kappa shape index (κ2) is 7.38. The lowest BCUT2D eigenvalue weighted by Gasteiger charge is -2.29. The number of aromatic nitrogens is 2. The molecule has 1 aromatic carbocycles. The van der Waals surface area contributed by atoms with Crippen molar-refractivity contribution in [1.29, 1.82) is 0 Å². The summed E-state index contributed by atoms with van der Waals surface area (Å²) in [6.07, 6.45) is 0.985. The summed E-state index contributed by atoms with van der Waals surface area (Å²) in [5.74, 6) is 2.98. The molecule has 2 aromatic rings. The Morgan fingerprint density at radius 1 is 1.12 bits per heavy atom. The molecule has 6 heteroatoms. The van der Waals surface area contributed by atoms with Crippen LogP contribution in [0.5, 0.6) is 11.5 Å². The Hall–Kier alpha value is -1.82. The Bertz CT molecular complexity index is 700. The van der Waals surface area contributed by atoms with Crippen LogP contribution in [0.4, 0.5) is 5.13 Å². The van der Waals surface area contributed by atoms with Crippen LogP contribution >= 0.6 is 11.5 Å². The van der Waals surface area contributed by atoms with Crippen molar-refractivity contribution in [3.05, 3.63) is 29.1 Å². The second-order valence-electron chi connectivity index (χ2n) is 6.20. The maximum absolute atomic E-state index is 5.76. The van der Waals surface area contributed by atoms with Crippen LogP contribution in [0, 0.1) is 0 Å². The van der Waals surface area contributed by atoms with Crippen molar-refractivity contribution in [3.63, 3.8) is 0 Å². The number of nitrogens with zero attached hydrogens (tertiary/aromatic N) is 3. The molecule has 0 bridgehead atoms. The lowest BCUT2D eigenvalue weighted by Crippen LogP contribution is -2.30. The van der Waals surface area contributed by atoms with Gasteiger partial charge in [-0.3, -0.25) is 0 Å². The fourth-order valence-electron chi connectivity index (χ4n) is 2.85. The summed E-state index contributed by atoms with van der Waals surface area (Å²) in [6, 6.07) is 4.27. The normalized spacial score (nSPS) is 14.0. The zero-order chi connectivity index (χ0) is 17.1. The van der Waals surface area contributed by atoms with E-state index in [1.165, 1.54) is 22.7 Å². The lowest BCUT2D eigenvalue weighted by molar-refractivity contribution is 0.287. The van der Waals surface area contributed by atoms with Crippen molar-refractivity contribution in [3.8, 4) is 11.5 Å². The molecule has 0 amide bonds. The van der Waals surface area contributed by atoms with Crippen LogP contribution < -0.4 is 14.4 Å². The van der Waals surface area contributed by atoms with Gasteiger partial charge in [-0.1, -0.05) is 13.8 Å². The van der Waals surface area contributed by atoms with Crippen LogP contribution in [0.2, 0.25) is 0 Å². The van der Waals surface area contributed by atoms with Crippen molar-refractivity contribution in [1.82, 2.24) is 9.36 Å². The number of benzene rings is 1. The molecule has 2 heterocycles. The van der Waals surface area contributed by atoms with E-state index >= 15 is 0 Å². The van der Waals surface area contributed by atoms with E-state index in [0.29, 0.717) is 19.1 Å². The minimum Gasteiger partial charge on any atom is -0.490 e. The first-order valence-corrected chi connectivity index (χ1v) is 9.39. The summed E-state index contributed by atoms with van der Waals surface area (Å²) in [5, 5.41) is 1.01. The number of anilines is 1. The smallest absolute Gasteiger partial charge is 0.205 e. The maximum atomic E-state index is 5.76. The van der Waals surface area contributed by atoms with E-state index < -0.39 is 0 Å². The van der Waals surface area contributed by atoms with Gasteiger partial charge in [0.25, 0.3) is 0 Å². The van der Waals surface area contributed by atoms with Crippen LogP contribution in [-0.4, -0.2) is 29.1 Å². The first-order chi connectivity index (χ1) is 11.6. The Balaban J connectivity index is 1.84. The highest BCUT2D eigenvalue weighted by Gasteiger charge is 2.22. The fraction of sp³-hybridized carbons (Fsp3) is 0.556. The zero-order valence-electron chi connectivity index (χ0n) is 14.8. The maximum Gasteiger partial charge on any atom is 0.205 e. The van der Waals surface area contributed by atoms with Crippen molar-refractivity contribution in [2.75, 3.05) is 24.7 Å². The van der Waals surface area contributed by atoms with Crippen LogP contribution in [-0.2, 0) is 13.0 Å². The van der Waals surface area contributed by atoms with Gasteiger partial charge in [0.1, 0.15) is 5.82 Å². The van der Waals surface area contributed by atoms with E-state index in [1.54, 1.807) is 0 Å². The Morgan fingerprint density at radius 2 is 1.79 bits per heavy atom. The third-order valence-electron chi connectivity index (χ3n) is 4.10. The molecule has 0 saturated heterocycles. The minimum absolute atomic E-state index is 0.366. The zero-order valence-corrected chi connectivity index (χ0v) is 15.7. The molecule has 0 unspecified atom stereocenters. The van der Waals surface area contributed by atoms with Crippen molar-refractivity contribution in [2.24, 2.45) is 0 Å². The Morgan fingerprint density at radius 3 is 2.38 bits per heavy atom. The molecule has 1 aliphatic heterocycles. The molecule has 0 saturated carbocycles. The Labute approximate surface area is 147 Å². The van der Waals surface area contributed by atoms with Gasteiger partial charge in [-0.25, -0.2) is 4.98 Å². The van der Waals surface area contributed by atoms with Gasteiger partial charge in [0, 0.05) is 30.5 Å². The average molecular weight is 347 g/mol. The molecule has 0 spiro atoms. The first kappa shape index (κ1) is 17.0. The van der Waals surface area contributed by atoms with E-state index in [1.807, 2.05) is 13.8 Å². The number of fused-ring (bicyclic) bond motifs is 1. The summed E-state index contributed by atoms with van der Waals surface area (Å²) in [4.78, 5) is 7.00. The molecule has 0 N–H and O–H groups in total. The number of ether oxygens (including phenoxy) is 2. The van der Waals surface area contributed by atoms with Gasteiger partial charge in [0.15, 0.2) is 11.5 Å². The molecule has 24 heavy (non-hydrogen) atoms. The summed E-state index contributed by atoms with van der Waals surface area (Å²) in [5.41, 5.74) is 2.63. The SMILES string of the molecule is CCOc1cc2c(cc1OCC)CN(c1nc(C(C)C)ns1)CC2. The lowest BCUT2D eigenvalue weighted by atomic mass is 9.99. The first-order valence-electron chi connectivity index (χ1n) is 8.62. The van der Waals surface area contributed by atoms with Crippen molar-refractivity contribution < 1.29 is 9.47 Å². The molecule has 0 aliphatic carbocycles. The standard InChI is InChI=1S/C18H25N3O2S/c1-5-22-15-9-13-7-8-21(11-14(13)10-16(15)23-6-2)18-19-17(12(3)4)20-24-18/h9-10,12H,5-8,11H2,1-4H3. The summed E-state index contributed by atoms with van der Waals surface area (Å²) in [7, 11) is 0.